The molecule has 0 unspecified atom stereocenters. The van der Waals surface area contributed by atoms with Crippen LogP contribution in [0.3, 0.4) is 0 Å². The van der Waals surface area contributed by atoms with Crippen LogP contribution in [0.2, 0.25) is 0 Å². The zero-order chi connectivity index (χ0) is 47.5. The molecule has 5 N–H and O–H groups in total. The maximum atomic E-state index is 12.2. The molecule has 0 amide bonds. The first kappa shape index (κ1) is 76.8. The smallest absolute Gasteiger partial charge is 0.743 e. The van der Waals surface area contributed by atoms with Gasteiger partial charge in [0.2, 0.25) is 0 Å². The number of hydrogen-bond donors (Lipinski definition) is 5. The van der Waals surface area contributed by atoms with E-state index >= 15 is 0 Å². The SMILES string of the molecule is CO.Cc1ccc(S(=O)(=O)O)cc1.Cc1ccccc1.II.I[I-]I.O=C(O)C(F)(F)S(=O)(=O)[O-].O=C(OCCO)C(F)(F)S(=O)(=O)[O-].OCCOCc1ccccc1.[Na+].[Na+]. The van der Waals surface area contributed by atoms with Gasteiger partial charge in [0.25, 0.3) is 10.1 Å². The molecule has 0 aliphatic heterocycles. The minimum atomic E-state index is -6.08. The number of benzene rings is 3. The maximum Gasteiger partial charge on any atom is 1.00 e. The van der Waals surface area contributed by atoms with Gasteiger partial charge in [-0.1, -0.05) is 83.9 Å². The third kappa shape index (κ3) is 41.5. The van der Waals surface area contributed by atoms with Crippen LogP contribution in [0.1, 0.15) is 16.7 Å². The summed E-state index contributed by atoms with van der Waals surface area (Å²) in [7, 11) is -15.2. The fourth-order valence-electron chi connectivity index (χ4n) is 2.50. The number of alkyl halides is 4. The van der Waals surface area contributed by atoms with E-state index in [4.69, 9.17) is 29.7 Å². The van der Waals surface area contributed by atoms with Crippen LogP contribution in [-0.2, 0) is 56.0 Å². The third-order valence-corrected chi connectivity index (χ3v) is 7.51. The minimum absolute atomic E-state index is 0. The number of hydrogen-bond acceptors (Lipinski definition) is 15. The molecule has 31 heteroatoms. The number of halogens is 9. The second kappa shape index (κ2) is 44.1. The van der Waals surface area contributed by atoms with Gasteiger partial charge < -0.3 is 39.0 Å². The predicted octanol–water partition coefficient (Wildman–Crippen LogP) is -3.54. The number of carbonyl (C=O) groups is 2. The topological polar surface area (TPSA) is 302 Å². The summed E-state index contributed by atoms with van der Waals surface area (Å²) in [5.74, 6) is -5.46. The van der Waals surface area contributed by atoms with Crippen molar-refractivity contribution in [2.75, 3.05) is 33.5 Å². The Morgan fingerprint density at radius 1 is 0.689 bits per heavy atom. The van der Waals surface area contributed by atoms with E-state index < -0.39 is 66.0 Å². The molecule has 17 nitrogen and oxygen atoms in total. The van der Waals surface area contributed by atoms with E-state index in [-0.39, 0.29) is 70.6 Å². The molecular weight excluding hydrogens is 1490 g/mol. The maximum absolute atomic E-state index is 12.2. The predicted molar refractivity (Wildman–Crippen MR) is 235 cm³/mol. The second-order valence-corrected chi connectivity index (χ2v) is 29.9. The van der Waals surface area contributed by atoms with Gasteiger partial charge in [-0.05, 0) is 31.5 Å². The molecule has 0 spiro atoms. The molecule has 3 rings (SSSR count). The van der Waals surface area contributed by atoms with Crippen LogP contribution in [0.5, 0.6) is 0 Å². The zero-order valence-electron chi connectivity index (χ0n) is 32.4. The Labute approximate surface area is 449 Å². The van der Waals surface area contributed by atoms with Crippen LogP contribution in [0.25, 0.3) is 0 Å². The molecule has 0 heterocycles. The van der Waals surface area contributed by atoms with Gasteiger partial charge in [0.05, 0.1) is 31.3 Å². The molecule has 0 atom stereocenters. The molecule has 3 aromatic carbocycles. The van der Waals surface area contributed by atoms with Crippen molar-refractivity contribution in [1.29, 1.82) is 0 Å². The molecule has 61 heavy (non-hydrogen) atoms. The van der Waals surface area contributed by atoms with Crippen molar-refractivity contribution in [2.24, 2.45) is 0 Å². The monoisotopic (exact) mass is 1520 g/mol. The molecule has 0 saturated heterocycles. The number of carbonyl (C=O) groups excluding carboxylic acids is 1. The summed E-state index contributed by atoms with van der Waals surface area (Å²) in [4.78, 5) is 19.5. The number of aliphatic carboxylic acids is 1. The number of aliphatic hydroxyl groups is 3. The van der Waals surface area contributed by atoms with E-state index in [9.17, 15) is 61.5 Å². The number of aryl methyl sites for hydroxylation is 2. The summed E-state index contributed by atoms with van der Waals surface area (Å²) in [5.41, 5.74) is 3.42. The summed E-state index contributed by atoms with van der Waals surface area (Å²) < 4.78 is 143. The first-order chi connectivity index (χ1) is 27.2. The number of carboxylic acid groups (broad SMARTS) is 1. The van der Waals surface area contributed by atoms with Crippen LogP contribution in [0, 0.1) is 13.8 Å². The van der Waals surface area contributed by atoms with Crippen molar-refractivity contribution in [1.82, 2.24) is 0 Å². The summed E-state index contributed by atoms with van der Waals surface area (Å²) in [5, 5.41) is 20.6. The molecular formula is C30H38F4I5Na2O17S3-. The summed E-state index contributed by atoms with van der Waals surface area (Å²) in [6.07, 6.45) is 0. The minimum Gasteiger partial charge on any atom is -0.743 e. The van der Waals surface area contributed by atoms with Crippen molar-refractivity contribution in [3.63, 3.8) is 0 Å². The largest absolute Gasteiger partial charge is 1.00 e. The van der Waals surface area contributed by atoms with E-state index in [2.05, 4.69) is 98.3 Å². The van der Waals surface area contributed by atoms with Crippen molar-refractivity contribution in [2.45, 2.75) is 35.9 Å². The van der Waals surface area contributed by atoms with E-state index in [0.717, 1.165) is 18.2 Å². The van der Waals surface area contributed by atoms with Crippen molar-refractivity contribution < 1.29 is 168 Å². The van der Waals surface area contributed by atoms with Crippen LogP contribution in [0.4, 0.5) is 17.6 Å². The molecule has 0 saturated carbocycles. The molecule has 0 bridgehead atoms. The Hall–Kier alpha value is 1.54. The normalized spacial score (nSPS) is 10.2. The van der Waals surface area contributed by atoms with Gasteiger partial charge in [0.1, 0.15) is 6.61 Å². The molecule has 3 aromatic rings. The number of rotatable bonds is 11. The molecule has 0 aliphatic rings. The molecule has 0 fully saturated rings. The summed E-state index contributed by atoms with van der Waals surface area (Å²) >= 11 is 9.54. The average molecular weight is 1520 g/mol. The van der Waals surface area contributed by atoms with Gasteiger partial charge in [-0.3, -0.25) is 4.55 Å². The number of aliphatic hydroxyl groups excluding tert-OH is 3. The quantitative estimate of drug-likeness (QED) is 0.0310. The van der Waals surface area contributed by atoms with Crippen molar-refractivity contribution >= 4 is 117 Å². The van der Waals surface area contributed by atoms with E-state index in [0.29, 0.717) is 26.5 Å². The van der Waals surface area contributed by atoms with E-state index in [1.807, 2.05) is 55.5 Å². The van der Waals surface area contributed by atoms with Crippen LogP contribution < -0.4 is 72.4 Å². The van der Waals surface area contributed by atoms with Gasteiger partial charge in [-0.25, -0.2) is 26.4 Å². The number of ether oxygens (including phenoxy) is 2. The molecule has 344 valence electrons. The Morgan fingerprint density at radius 2 is 1.03 bits per heavy atom. The van der Waals surface area contributed by atoms with Gasteiger partial charge >= 0.3 is 132 Å². The number of carboxylic acids is 1. The molecule has 0 radical (unpaired) electrons. The van der Waals surface area contributed by atoms with Gasteiger partial charge in [-0.2, -0.15) is 26.0 Å². The first-order valence-electron chi connectivity index (χ1n) is 14.6. The first-order valence-corrected chi connectivity index (χ1v) is 37.7. The average Bonchev–Trinajstić information content (AvgIpc) is 3.16. The van der Waals surface area contributed by atoms with Crippen LogP contribution >= 0.6 is 74.5 Å². The van der Waals surface area contributed by atoms with E-state index in [1.165, 1.54) is 17.7 Å². The third-order valence-electron chi connectivity index (χ3n) is 5.05. The number of esters is 1. The van der Waals surface area contributed by atoms with Gasteiger partial charge in [0, 0.05) is 44.3 Å². The fraction of sp³-hybridized carbons (Fsp3) is 0.333. The zero-order valence-corrected chi connectivity index (χ0v) is 49.6. The van der Waals surface area contributed by atoms with Crippen LogP contribution in [0.15, 0.2) is 89.8 Å². The Bertz CT molecular complexity index is 1870. The van der Waals surface area contributed by atoms with Gasteiger partial charge in [0.15, 0.2) is 20.2 Å². The Morgan fingerprint density at radius 3 is 1.30 bits per heavy atom. The summed E-state index contributed by atoms with van der Waals surface area (Å²) in [6.45, 7) is 3.46. The van der Waals surface area contributed by atoms with E-state index in [1.54, 1.807) is 12.1 Å². The summed E-state index contributed by atoms with van der Waals surface area (Å²) in [6, 6.07) is 26.2. The molecule has 0 aliphatic carbocycles. The fourth-order valence-corrected chi connectivity index (χ4v) is 3.46. The Kier molecular flexibility index (Phi) is 55.5. The molecule has 0 aromatic heterocycles. The standard InChI is InChI=1S/C9H12O2.C7H8O3S.C7H8.C4H6F2O6S.C2H2F2O5S.CH4O.I3.I2.2Na/c10-6-7-11-8-9-4-2-1-3-5-9;1-6-2-4-7(5-3-6)11(8,9)10;1-7-5-3-2-4-6-7;5-4(6,13(9,10)11)3(8)12-2-1-7;3-2(4,1(5)6)10(7,8)9;1-2;1-3-2;1-2;;/h1-5,10H,6-8H2;2-5H,1H3,(H,8,9,10);2-6H,1H3;7H,1-2H2,(H,9,10,11);(H,5,6)(H,7,8,9);2H,1H3;;;;/q;;;;;;-1;;2*+1/p-2. The Balaban J connectivity index is -0.000000115. The van der Waals surface area contributed by atoms with Crippen molar-refractivity contribution in [3.05, 3.63) is 102 Å². The van der Waals surface area contributed by atoms with Crippen molar-refractivity contribution in [3.8, 4) is 0 Å². The van der Waals surface area contributed by atoms with Gasteiger partial charge in [-0.15, -0.1) is 0 Å². The van der Waals surface area contributed by atoms with Crippen LogP contribution in [-0.4, -0.2) is 115 Å². The second-order valence-electron chi connectivity index (χ2n) is 9.37.